The van der Waals surface area contributed by atoms with Crippen LogP contribution in [0, 0.1) is 17.0 Å². The Balaban J connectivity index is 1.92. The summed E-state index contributed by atoms with van der Waals surface area (Å²) in [6.45, 7) is 3.59. The summed E-state index contributed by atoms with van der Waals surface area (Å²) in [6, 6.07) is 7.49. The lowest BCUT2D eigenvalue weighted by atomic mass is 9.89. The monoisotopic (exact) mass is 377 g/mol. The molecule has 1 saturated heterocycles. The minimum atomic E-state index is -4.10. The molecule has 0 aliphatic carbocycles. The standard InChI is InChI=1S/C17H19N3O5S/c1-12-2-4-16(15(10-12)13-6-8-18-9-7-13)26(23,24)25-17-5-3-14(11-19-17)20(21)22/h2-5,10-11,13,18H,6-9H2,1H3. The zero-order valence-corrected chi connectivity index (χ0v) is 15.0. The molecule has 1 N–H and O–H groups in total. The van der Waals surface area contributed by atoms with Gasteiger partial charge in [-0.2, -0.15) is 8.42 Å². The van der Waals surface area contributed by atoms with Crippen molar-refractivity contribution < 1.29 is 17.5 Å². The molecule has 0 atom stereocenters. The van der Waals surface area contributed by atoms with Crippen LogP contribution in [-0.2, 0) is 10.1 Å². The third-order valence-corrected chi connectivity index (χ3v) is 5.64. The highest BCUT2D eigenvalue weighted by Crippen LogP contribution is 2.32. The summed E-state index contributed by atoms with van der Waals surface area (Å²) < 4.78 is 30.7. The second-order valence-corrected chi connectivity index (χ2v) is 7.73. The molecule has 1 aliphatic rings. The van der Waals surface area contributed by atoms with Crippen molar-refractivity contribution in [2.24, 2.45) is 0 Å². The van der Waals surface area contributed by atoms with Gasteiger partial charge in [0.2, 0.25) is 5.88 Å². The van der Waals surface area contributed by atoms with Gasteiger partial charge in [0.05, 0.1) is 4.92 Å². The van der Waals surface area contributed by atoms with Crippen LogP contribution in [0.1, 0.15) is 29.9 Å². The highest BCUT2D eigenvalue weighted by molar-refractivity contribution is 7.87. The number of nitrogens with one attached hydrogen (secondary N) is 1. The Labute approximate surface area is 151 Å². The van der Waals surface area contributed by atoms with Crippen LogP contribution in [0.15, 0.2) is 41.4 Å². The van der Waals surface area contributed by atoms with Gasteiger partial charge in [-0.3, -0.25) is 10.1 Å². The van der Waals surface area contributed by atoms with Crippen molar-refractivity contribution in [1.29, 1.82) is 0 Å². The number of rotatable bonds is 5. The molecule has 0 bridgehead atoms. The van der Waals surface area contributed by atoms with Crippen LogP contribution in [-0.4, -0.2) is 31.4 Å². The second kappa shape index (κ2) is 7.38. The third-order valence-electron chi connectivity index (χ3n) is 4.34. The molecule has 2 aromatic rings. The molecule has 8 nitrogen and oxygen atoms in total. The zero-order chi connectivity index (χ0) is 18.7. The summed E-state index contributed by atoms with van der Waals surface area (Å²) >= 11 is 0. The lowest BCUT2D eigenvalue weighted by Crippen LogP contribution is -2.27. The molecule has 0 unspecified atom stereocenters. The first kappa shape index (κ1) is 18.3. The van der Waals surface area contributed by atoms with Gasteiger partial charge in [-0.15, -0.1) is 0 Å². The molecule has 0 spiro atoms. The maximum Gasteiger partial charge on any atom is 0.341 e. The normalized spacial score (nSPS) is 15.6. The van der Waals surface area contributed by atoms with Crippen LogP contribution in [0.3, 0.4) is 0 Å². The summed E-state index contributed by atoms with van der Waals surface area (Å²) in [5.74, 6) is -0.0678. The van der Waals surface area contributed by atoms with Gasteiger partial charge in [0.15, 0.2) is 0 Å². The van der Waals surface area contributed by atoms with E-state index in [1.807, 2.05) is 13.0 Å². The first-order valence-corrected chi connectivity index (χ1v) is 9.64. The van der Waals surface area contributed by atoms with Crippen LogP contribution in [0.5, 0.6) is 5.88 Å². The molecule has 3 rings (SSSR count). The fourth-order valence-electron chi connectivity index (χ4n) is 3.03. The molecule has 2 heterocycles. The Bertz CT molecular complexity index is 906. The van der Waals surface area contributed by atoms with Crippen molar-refractivity contribution in [2.45, 2.75) is 30.6 Å². The van der Waals surface area contributed by atoms with Crippen molar-refractivity contribution >= 4 is 15.8 Å². The Morgan fingerprint density at radius 2 is 1.96 bits per heavy atom. The van der Waals surface area contributed by atoms with Gasteiger partial charge in [-0.1, -0.05) is 17.7 Å². The SMILES string of the molecule is Cc1ccc(S(=O)(=O)Oc2ccc([N+](=O)[O-])cn2)c(C2CCNCC2)c1. The zero-order valence-electron chi connectivity index (χ0n) is 14.2. The number of nitrogens with zero attached hydrogens (tertiary/aromatic N) is 2. The maximum absolute atomic E-state index is 12.8. The number of hydrogen-bond donors (Lipinski definition) is 1. The van der Waals surface area contributed by atoms with E-state index in [2.05, 4.69) is 10.3 Å². The summed E-state index contributed by atoms with van der Waals surface area (Å²) in [4.78, 5) is 13.9. The Morgan fingerprint density at radius 1 is 1.23 bits per heavy atom. The molecule has 1 aromatic heterocycles. The second-order valence-electron chi connectivity index (χ2n) is 6.21. The Hall–Kier alpha value is -2.52. The summed E-state index contributed by atoms with van der Waals surface area (Å²) in [7, 11) is -4.10. The minimum absolute atomic E-state index is 0.121. The number of nitro groups is 1. The van der Waals surface area contributed by atoms with E-state index in [1.165, 1.54) is 6.07 Å². The van der Waals surface area contributed by atoms with Crippen LogP contribution in [0.2, 0.25) is 0 Å². The first-order chi connectivity index (χ1) is 12.4. The summed E-state index contributed by atoms with van der Waals surface area (Å²) in [5.41, 5.74) is 1.49. The summed E-state index contributed by atoms with van der Waals surface area (Å²) in [5, 5.41) is 13.9. The lowest BCUT2D eigenvalue weighted by molar-refractivity contribution is -0.385. The number of hydrogen-bond acceptors (Lipinski definition) is 7. The van der Waals surface area contributed by atoms with Crippen molar-refractivity contribution in [3.05, 3.63) is 57.8 Å². The minimum Gasteiger partial charge on any atom is -0.358 e. The highest BCUT2D eigenvalue weighted by atomic mass is 32.2. The van der Waals surface area contributed by atoms with Crippen LogP contribution in [0.25, 0.3) is 0 Å². The van der Waals surface area contributed by atoms with Crippen LogP contribution < -0.4 is 9.50 Å². The van der Waals surface area contributed by atoms with E-state index >= 15 is 0 Å². The van der Waals surface area contributed by atoms with E-state index in [9.17, 15) is 18.5 Å². The molecule has 0 amide bonds. The van der Waals surface area contributed by atoms with Gasteiger partial charge >= 0.3 is 10.1 Å². The smallest absolute Gasteiger partial charge is 0.341 e. The molecule has 1 fully saturated rings. The number of piperidine rings is 1. The van der Waals surface area contributed by atoms with Crippen LogP contribution in [0.4, 0.5) is 5.69 Å². The fourth-order valence-corrected chi connectivity index (χ4v) is 4.20. The van der Waals surface area contributed by atoms with Gasteiger partial charge in [0, 0.05) is 12.1 Å². The van der Waals surface area contributed by atoms with E-state index in [0.29, 0.717) is 0 Å². The van der Waals surface area contributed by atoms with E-state index in [-0.39, 0.29) is 22.4 Å². The predicted octanol–water partition coefficient (Wildman–Crippen LogP) is 2.53. The topological polar surface area (TPSA) is 111 Å². The van der Waals surface area contributed by atoms with Gasteiger partial charge in [-0.05, 0) is 50.4 Å². The predicted molar refractivity (Wildman–Crippen MR) is 94.7 cm³/mol. The van der Waals surface area contributed by atoms with Crippen molar-refractivity contribution in [3.63, 3.8) is 0 Å². The molecular formula is C17H19N3O5S. The largest absolute Gasteiger partial charge is 0.358 e. The van der Waals surface area contributed by atoms with E-state index in [1.54, 1.807) is 12.1 Å². The van der Waals surface area contributed by atoms with Gasteiger partial charge in [0.1, 0.15) is 11.1 Å². The molecular weight excluding hydrogens is 358 g/mol. The first-order valence-electron chi connectivity index (χ1n) is 8.23. The van der Waals surface area contributed by atoms with Crippen LogP contribution >= 0.6 is 0 Å². The number of pyridine rings is 1. The third kappa shape index (κ3) is 4.00. The average molecular weight is 377 g/mol. The molecule has 26 heavy (non-hydrogen) atoms. The number of aryl methyl sites for hydroxylation is 1. The average Bonchev–Trinajstić information content (AvgIpc) is 2.62. The molecule has 1 aliphatic heterocycles. The fraction of sp³-hybridized carbons (Fsp3) is 0.353. The quantitative estimate of drug-likeness (QED) is 0.484. The maximum atomic E-state index is 12.8. The Morgan fingerprint density at radius 3 is 2.58 bits per heavy atom. The highest BCUT2D eigenvalue weighted by Gasteiger charge is 2.27. The van der Waals surface area contributed by atoms with Gasteiger partial charge in [0.25, 0.3) is 5.69 Å². The van der Waals surface area contributed by atoms with Gasteiger partial charge < -0.3 is 9.50 Å². The number of aromatic nitrogens is 1. The van der Waals surface area contributed by atoms with Crippen molar-refractivity contribution in [3.8, 4) is 5.88 Å². The van der Waals surface area contributed by atoms with E-state index in [0.717, 1.165) is 49.3 Å². The molecule has 9 heteroatoms. The summed E-state index contributed by atoms with van der Waals surface area (Å²) in [6.07, 6.45) is 2.66. The van der Waals surface area contributed by atoms with Gasteiger partial charge in [-0.25, -0.2) is 4.98 Å². The number of benzene rings is 1. The van der Waals surface area contributed by atoms with Crippen molar-refractivity contribution in [2.75, 3.05) is 13.1 Å². The van der Waals surface area contributed by atoms with Crippen molar-refractivity contribution in [1.82, 2.24) is 10.3 Å². The molecule has 0 radical (unpaired) electrons. The van der Waals surface area contributed by atoms with E-state index in [4.69, 9.17) is 4.18 Å². The Kier molecular flexibility index (Phi) is 5.19. The van der Waals surface area contributed by atoms with E-state index < -0.39 is 15.0 Å². The molecule has 0 saturated carbocycles. The molecule has 1 aromatic carbocycles. The molecule has 138 valence electrons. The lowest BCUT2D eigenvalue weighted by Gasteiger charge is -2.25.